The van der Waals surface area contributed by atoms with E-state index in [1.165, 1.54) is 11.6 Å². The fourth-order valence-electron chi connectivity index (χ4n) is 3.31. The van der Waals surface area contributed by atoms with Gasteiger partial charge in [0.1, 0.15) is 11.6 Å². The van der Waals surface area contributed by atoms with Crippen molar-refractivity contribution in [2.75, 3.05) is 11.9 Å². The molecule has 0 unspecified atom stereocenters. The van der Waals surface area contributed by atoms with Crippen LogP contribution in [0, 0.1) is 5.82 Å². The van der Waals surface area contributed by atoms with Gasteiger partial charge in [0, 0.05) is 23.6 Å². The number of nitrogens with zero attached hydrogens (tertiary/aromatic N) is 2. The number of fused-ring (bicyclic) bond motifs is 1. The van der Waals surface area contributed by atoms with E-state index in [0.29, 0.717) is 17.0 Å². The molecule has 128 valence electrons. The van der Waals surface area contributed by atoms with E-state index >= 15 is 0 Å². The van der Waals surface area contributed by atoms with Gasteiger partial charge in [0.2, 0.25) is 0 Å². The fourth-order valence-corrected chi connectivity index (χ4v) is 3.43. The highest BCUT2D eigenvalue weighted by Crippen LogP contribution is 2.30. The van der Waals surface area contributed by atoms with Crippen molar-refractivity contribution < 1.29 is 4.39 Å². The molecule has 2 aromatic carbocycles. The van der Waals surface area contributed by atoms with Gasteiger partial charge in [-0.15, -0.1) is 0 Å². The van der Waals surface area contributed by atoms with Crippen LogP contribution in [0.15, 0.2) is 48.5 Å². The highest BCUT2D eigenvalue weighted by atomic mass is 35.5. The first kappa shape index (κ1) is 16.2. The summed E-state index contributed by atoms with van der Waals surface area (Å²) in [5.74, 6) is 0.838. The summed E-state index contributed by atoms with van der Waals surface area (Å²) in [6.07, 6.45) is 3.68. The van der Waals surface area contributed by atoms with E-state index in [1.807, 2.05) is 41.1 Å². The second-order valence-corrected chi connectivity index (χ2v) is 6.75. The SMILES string of the molecule is Fc1ccccc1Cc1nn(-c2ccc(Cl)cc2)c2c1CCCCN2. The Balaban J connectivity index is 1.79. The quantitative estimate of drug-likeness (QED) is 0.716. The molecule has 0 amide bonds. The van der Waals surface area contributed by atoms with Crippen LogP contribution in [-0.4, -0.2) is 16.3 Å². The highest BCUT2D eigenvalue weighted by Gasteiger charge is 2.21. The summed E-state index contributed by atoms with van der Waals surface area (Å²) >= 11 is 6.01. The van der Waals surface area contributed by atoms with Crippen molar-refractivity contribution in [3.8, 4) is 5.69 Å². The molecule has 4 rings (SSSR count). The maximum Gasteiger partial charge on any atom is 0.133 e. The van der Waals surface area contributed by atoms with Gasteiger partial charge in [-0.25, -0.2) is 9.07 Å². The Hall–Kier alpha value is -2.33. The van der Waals surface area contributed by atoms with Gasteiger partial charge in [-0.3, -0.25) is 0 Å². The normalized spacial score (nSPS) is 13.8. The third-order valence-electron chi connectivity index (χ3n) is 4.60. The number of nitrogens with one attached hydrogen (secondary N) is 1. The second kappa shape index (κ2) is 6.89. The van der Waals surface area contributed by atoms with Crippen molar-refractivity contribution >= 4 is 17.4 Å². The van der Waals surface area contributed by atoms with Gasteiger partial charge in [0.15, 0.2) is 0 Å². The maximum absolute atomic E-state index is 14.1. The number of rotatable bonds is 3. The summed E-state index contributed by atoms with van der Waals surface area (Å²) in [6, 6.07) is 14.5. The summed E-state index contributed by atoms with van der Waals surface area (Å²) in [5.41, 5.74) is 3.75. The lowest BCUT2D eigenvalue weighted by Crippen LogP contribution is -2.07. The third-order valence-corrected chi connectivity index (χ3v) is 4.85. The van der Waals surface area contributed by atoms with Crippen LogP contribution in [0.3, 0.4) is 0 Å². The lowest BCUT2D eigenvalue weighted by molar-refractivity contribution is 0.612. The van der Waals surface area contributed by atoms with E-state index in [1.54, 1.807) is 6.07 Å². The molecular formula is C20H19ClFN3. The molecule has 0 spiro atoms. The van der Waals surface area contributed by atoms with Crippen LogP contribution in [0.1, 0.15) is 29.7 Å². The third kappa shape index (κ3) is 3.27. The predicted octanol–water partition coefficient (Wildman–Crippen LogP) is 5.00. The van der Waals surface area contributed by atoms with Crippen LogP contribution >= 0.6 is 11.6 Å². The molecule has 1 aliphatic heterocycles. The molecule has 3 aromatic rings. The molecule has 2 heterocycles. The fraction of sp³-hybridized carbons (Fsp3) is 0.250. The summed E-state index contributed by atoms with van der Waals surface area (Å²) in [6.45, 7) is 0.922. The Morgan fingerprint density at radius 1 is 1.08 bits per heavy atom. The molecule has 0 saturated heterocycles. The molecule has 3 nitrogen and oxygen atoms in total. The van der Waals surface area contributed by atoms with Crippen LogP contribution in [-0.2, 0) is 12.8 Å². The Morgan fingerprint density at radius 2 is 1.88 bits per heavy atom. The van der Waals surface area contributed by atoms with Crippen molar-refractivity contribution in [3.05, 3.63) is 76.2 Å². The summed E-state index contributed by atoms with van der Waals surface area (Å²) < 4.78 is 16.0. The van der Waals surface area contributed by atoms with E-state index in [0.717, 1.165) is 43.0 Å². The van der Waals surface area contributed by atoms with Crippen LogP contribution in [0.2, 0.25) is 5.02 Å². The average Bonchev–Trinajstić information content (AvgIpc) is 2.80. The topological polar surface area (TPSA) is 29.9 Å². The van der Waals surface area contributed by atoms with Crippen molar-refractivity contribution in [2.24, 2.45) is 0 Å². The van der Waals surface area contributed by atoms with Crippen LogP contribution in [0.5, 0.6) is 0 Å². The molecule has 0 saturated carbocycles. The molecule has 0 radical (unpaired) electrons. The number of halogens is 2. The number of hydrogen-bond donors (Lipinski definition) is 1. The largest absolute Gasteiger partial charge is 0.370 e. The van der Waals surface area contributed by atoms with Gasteiger partial charge in [-0.2, -0.15) is 5.10 Å². The van der Waals surface area contributed by atoms with Crippen molar-refractivity contribution in [1.82, 2.24) is 9.78 Å². The zero-order valence-electron chi connectivity index (χ0n) is 13.8. The number of anilines is 1. The summed E-state index contributed by atoms with van der Waals surface area (Å²) in [4.78, 5) is 0. The van der Waals surface area contributed by atoms with E-state index in [4.69, 9.17) is 16.7 Å². The molecule has 1 aromatic heterocycles. The first-order chi connectivity index (χ1) is 12.2. The van der Waals surface area contributed by atoms with Gasteiger partial charge >= 0.3 is 0 Å². The average molecular weight is 356 g/mol. The standard InChI is InChI=1S/C20H19ClFN3/c21-15-8-10-16(11-9-15)25-20-17(6-3-4-12-23-20)19(24-25)13-14-5-1-2-7-18(14)22/h1-2,5,7-11,23H,3-4,6,12-13H2. The minimum absolute atomic E-state index is 0.182. The number of hydrogen-bond acceptors (Lipinski definition) is 2. The molecule has 0 aliphatic carbocycles. The lowest BCUT2D eigenvalue weighted by atomic mass is 10.0. The van der Waals surface area contributed by atoms with E-state index < -0.39 is 0 Å². The van der Waals surface area contributed by atoms with E-state index in [9.17, 15) is 4.39 Å². The lowest BCUT2D eigenvalue weighted by Gasteiger charge is -2.09. The minimum Gasteiger partial charge on any atom is -0.370 e. The number of aromatic nitrogens is 2. The molecule has 0 bridgehead atoms. The molecular weight excluding hydrogens is 337 g/mol. The zero-order valence-corrected chi connectivity index (χ0v) is 14.6. The number of benzene rings is 2. The van der Waals surface area contributed by atoms with Gasteiger partial charge < -0.3 is 5.32 Å². The van der Waals surface area contributed by atoms with E-state index in [2.05, 4.69) is 5.32 Å². The Bertz CT molecular complexity index is 886. The highest BCUT2D eigenvalue weighted by molar-refractivity contribution is 6.30. The van der Waals surface area contributed by atoms with Gasteiger partial charge in [0.05, 0.1) is 11.4 Å². The van der Waals surface area contributed by atoms with Crippen LogP contribution in [0.4, 0.5) is 10.2 Å². The molecule has 0 fully saturated rings. The smallest absolute Gasteiger partial charge is 0.133 e. The zero-order chi connectivity index (χ0) is 17.2. The second-order valence-electron chi connectivity index (χ2n) is 6.31. The van der Waals surface area contributed by atoms with Crippen LogP contribution in [0.25, 0.3) is 5.69 Å². The predicted molar refractivity (Wildman–Crippen MR) is 99.2 cm³/mol. The van der Waals surface area contributed by atoms with Crippen molar-refractivity contribution in [3.63, 3.8) is 0 Å². The minimum atomic E-state index is -0.182. The molecule has 0 atom stereocenters. The van der Waals surface area contributed by atoms with Crippen LogP contribution < -0.4 is 5.32 Å². The van der Waals surface area contributed by atoms with Crippen molar-refractivity contribution in [2.45, 2.75) is 25.7 Å². The maximum atomic E-state index is 14.1. The first-order valence-corrected chi connectivity index (χ1v) is 8.94. The Morgan fingerprint density at radius 3 is 2.68 bits per heavy atom. The van der Waals surface area contributed by atoms with Gasteiger partial charge in [-0.1, -0.05) is 29.8 Å². The molecule has 5 heteroatoms. The molecule has 1 aliphatic rings. The monoisotopic (exact) mass is 355 g/mol. The Labute approximate surface area is 151 Å². The molecule has 1 N–H and O–H groups in total. The van der Waals surface area contributed by atoms with Crippen molar-refractivity contribution in [1.29, 1.82) is 0 Å². The van der Waals surface area contributed by atoms with Gasteiger partial charge in [-0.05, 0) is 55.2 Å². The van der Waals surface area contributed by atoms with E-state index in [-0.39, 0.29) is 5.82 Å². The van der Waals surface area contributed by atoms with Gasteiger partial charge in [0.25, 0.3) is 0 Å². The summed E-state index contributed by atoms with van der Waals surface area (Å²) in [5, 5.41) is 9.01. The summed E-state index contributed by atoms with van der Waals surface area (Å²) in [7, 11) is 0. The first-order valence-electron chi connectivity index (χ1n) is 8.56. The molecule has 25 heavy (non-hydrogen) atoms. The Kier molecular flexibility index (Phi) is 4.45.